The summed E-state index contributed by atoms with van der Waals surface area (Å²) in [6.45, 7) is 4.48. The number of nitrogens with two attached hydrogens (primary N) is 1. The van der Waals surface area contributed by atoms with Gasteiger partial charge in [0.15, 0.2) is 0 Å². The highest BCUT2D eigenvalue weighted by atomic mass is 32.1. The second kappa shape index (κ2) is 5.80. The molecule has 0 aliphatic rings. The van der Waals surface area contributed by atoms with Crippen molar-refractivity contribution in [3.63, 3.8) is 0 Å². The van der Waals surface area contributed by atoms with Crippen LogP contribution in [0.15, 0.2) is 36.7 Å². The summed E-state index contributed by atoms with van der Waals surface area (Å²) in [5, 5.41) is 0. The summed E-state index contributed by atoms with van der Waals surface area (Å²) in [7, 11) is 0. The summed E-state index contributed by atoms with van der Waals surface area (Å²) in [5.74, 6) is 0.798. The van der Waals surface area contributed by atoms with Crippen molar-refractivity contribution >= 4 is 17.2 Å². The maximum atomic E-state index is 5.81. The minimum atomic E-state index is 0.377. The fourth-order valence-electron chi connectivity index (χ4n) is 1.77. The van der Waals surface area contributed by atoms with E-state index in [1.165, 1.54) is 0 Å². The first-order valence-corrected chi connectivity index (χ1v) is 6.41. The Balaban J connectivity index is 2.15. The van der Waals surface area contributed by atoms with Gasteiger partial charge in [-0.25, -0.2) is 0 Å². The fourth-order valence-corrected chi connectivity index (χ4v) is 1.89. The van der Waals surface area contributed by atoms with Crippen molar-refractivity contribution in [3.05, 3.63) is 58.9 Å². The van der Waals surface area contributed by atoms with Crippen molar-refractivity contribution in [1.29, 1.82) is 0 Å². The van der Waals surface area contributed by atoms with Crippen LogP contribution in [0.2, 0.25) is 0 Å². The molecule has 2 aromatic rings. The minimum absolute atomic E-state index is 0.377. The van der Waals surface area contributed by atoms with Gasteiger partial charge in [-0.15, -0.1) is 0 Å². The van der Waals surface area contributed by atoms with Crippen LogP contribution in [0, 0.1) is 13.8 Å². The molecule has 0 aliphatic heterocycles. The zero-order chi connectivity index (χ0) is 13.8. The highest BCUT2D eigenvalue weighted by Crippen LogP contribution is 2.21. The number of aryl methyl sites for hydroxylation is 2. The van der Waals surface area contributed by atoms with Crippen molar-refractivity contribution < 1.29 is 4.74 Å². The molecule has 1 aromatic carbocycles. The molecule has 0 aliphatic carbocycles. The molecule has 1 aromatic heterocycles. The number of benzene rings is 1. The van der Waals surface area contributed by atoms with E-state index in [0.29, 0.717) is 11.6 Å². The number of pyridine rings is 1. The first-order valence-electron chi connectivity index (χ1n) is 6.00. The van der Waals surface area contributed by atoms with Crippen LogP contribution in [-0.2, 0) is 6.61 Å². The van der Waals surface area contributed by atoms with Gasteiger partial charge in [0.05, 0.1) is 0 Å². The number of ether oxygens (including phenoxy) is 1. The summed E-state index contributed by atoms with van der Waals surface area (Å²) in [5.41, 5.74) is 9.66. The third-order valence-corrected chi connectivity index (χ3v) is 3.03. The first-order chi connectivity index (χ1) is 9.06. The van der Waals surface area contributed by atoms with Gasteiger partial charge in [0, 0.05) is 23.5 Å². The second-order valence-corrected chi connectivity index (χ2v) is 4.94. The van der Waals surface area contributed by atoms with Crippen molar-refractivity contribution in [1.82, 2.24) is 4.98 Å². The molecule has 2 N–H and O–H groups in total. The van der Waals surface area contributed by atoms with E-state index in [9.17, 15) is 0 Å². The predicted octanol–water partition coefficient (Wildman–Crippen LogP) is 2.91. The van der Waals surface area contributed by atoms with Crippen LogP contribution in [0.25, 0.3) is 0 Å². The number of hydrogen-bond acceptors (Lipinski definition) is 3. The molecule has 0 radical (unpaired) electrons. The Bertz CT molecular complexity index is 611. The Morgan fingerprint density at radius 1 is 1.26 bits per heavy atom. The molecule has 0 spiro atoms. The van der Waals surface area contributed by atoms with Crippen LogP contribution >= 0.6 is 12.2 Å². The molecule has 0 saturated carbocycles. The van der Waals surface area contributed by atoms with E-state index in [1.54, 1.807) is 6.20 Å². The van der Waals surface area contributed by atoms with Gasteiger partial charge < -0.3 is 10.5 Å². The number of aromatic nitrogens is 1. The highest BCUT2D eigenvalue weighted by Gasteiger charge is 2.04. The van der Waals surface area contributed by atoms with Gasteiger partial charge >= 0.3 is 0 Å². The Labute approximate surface area is 118 Å². The van der Waals surface area contributed by atoms with E-state index < -0.39 is 0 Å². The van der Waals surface area contributed by atoms with E-state index >= 15 is 0 Å². The monoisotopic (exact) mass is 272 g/mol. The number of nitrogens with zero attached hydrogens (tertiary/aromatic N) is 1. The Morgan fingerprint density at radius 2 is 2.05 bits per heavy atom. The van der Waals surface area contributed by atoms with Crippen LogP contribution in [0.5, 0.6) is 5.75 Å². The lowest BCUT2D eigenvalue weighted by atomic mass is 10.1. The lowest BCUT2D eigenvalue weighted by molar-refractivity contribution is 0.303. The van der Waals surface area contributed by atoms with Gasteiger partial charge in [-0.1, -0.05) is 24.4 Å². The lowest BCUT2D eigenvalue weighted by Gasteiger charge is -2.11. The molecule has 0 bridgehead atoms. The molecule has 2 rings (SSSR count). The highest BCUT2D eigenvalue weighted by molar-refractivity contribution is 7.80. The zero-order valence-electron chi connectivity index (χ0n) is 11.0. The molecule has 19 heavy (non-hydrogen) atoms. The normalized spacial score (nSPS) is 10.2. The quantitative estimate of drug-likeness (QED) is 0.869. The molecule has 1 heterocycles. The van der Waals surface area contributed by atoms with Gasteiger partial charge in [-0.3, -0.25) is 4.98 Å². The minimum Gasteiger partial charge on any atom is -0.489 e. The van der Waals surface area contributed by atoms with Gasteiger partial charge in [0.25, 0.3) is 0 Å². The Hall–Kier alpha value is -1.94. The van der Waals surface area contributed by atoms with E-state index in [4.69, 9.17) is 22.7 Å². The van der Waals surface area contributed by atoms with Crippen LogP contribution in [0.1, 0.15) is 22.3 Å². The van der Waals surface area contributed by atoms with Gasteiger partial charge in [-0.2, -0.15) is 0 Å². The Morgan fingerprint density at radius 3 is 2.74 bits per heavy atom. The largest absolute Gasteiger partial charge is 0.489 e. The van der Waals surface area contributed by atoms with Crippen molar-refractivity contribution in [2.24, 2.45) is 5.73 Å². The maximum absolute atomic E-state index is 5.81. The molecular weight excluding hydrogens is 256 g/mol. The molecule has 98 valence electrons. The first kappa shape index (κ1) is 13.5. The van der Waals surface area contributed by atoms with Crippen LogP contribution in [-0.4, -0.2) is 9.97 Å². The maximum Gasteiger partial charge on any atom is 0.123 e. The molecule has 3 nitrogen and oxygen atoms in total. The van der Waals surface area contributed by atoms with Gasteiger partial charge in [0.2, 0.25) is 0 Å². The number of hydrogen-bond donors (Lipinski definition) is 1. The van der Waals surface area contributed by atoms with Crippen molar-refractivity contribution in [2.45, 2.75) is 20.5 Å². The molecule has 0 amide bonds. The summed E-state index contributed by atoms with van der Waals surface area (Å²) in [4.78, 5) is 4.52. The SMILES string of the molecule is Cc1cncc(COc2cc(C(N)=S)ccc2C)c1. The van der Waals surface area contributed by atoms with Crippen molar-refractivity contribution in [3.8, 4) is 5.75 Å². The molecule has 0 saturated heterocycles. The molecule has 0 unspecified atom stereocenters. The van der Waals surface area contributed by atoms with E-state index in [-0.39, 0.29) is 0 Å². The fraction of sp³-hybridized carbons (Fsp3) is 0.200. The van der Waals surface area contributed by atoms with E-state index in [1.807, 2.05) is 38.2 Å². The zero-order valence-corrected chi connectivity index (χ0v) is 11.8. The van der Waals surface area contributed by atoms with Crippen LogP contribution < -0.4 is 10.5 Å². The topological polar surface area (TPSA) is 48.1 Å². The second-order valence-electron chi connectivity index (χ2n) is 4.50. The van der Waals surface area contributed by atoms with E-state index in [2.05, 4.69) is 11.1 Å². The van der Waals surface area contributed by atoms with Crippen molar-refractivity contribution in [2.75, 3.05) is 0 Å². The molecule has 4 heteroatoms. The average molecular weight is 272 g/mol. The summed E-state index contributed by atoms with van der Waals surface area (Å²) < 4.78 is 5.81. The third-order valence-electron chi connectivity index (χ3n) is 2.80. The molecule has 0 atom stereocenters. The summed E-state index contributed by atoms with van der Waals surface area (Å²) in [6, 6.07) is 7.79. The molecular formula is C15H16N2OS. The summed E-state index contributed by atoms with van der Waals surface area (Å²) in [6.07, 6.45) is 3.63. The summed E-state index contributed by atoms with van der Waals surface area (Å²) >= 11 is 4.97. The number of thiocarbonyl (C=S) groups is 1. The standard InChI is InChI=1S/C15H16N2OS/c1-10-5-12(8-17-7-10)9-18-14-6-13(15(16)19)4-3-11(14)2/h3-8H,9H2,1-2H3,(H2,16,19). The Kier molecular flexibility index (Phi) is 4.12. The van der Waals surface area contributed by atoms with E-state index in [0.717, 1.165) is 28.0 Å². The van der Waals surface area contributed by atoms with Crippen LogP contribution in [0.3, 0.4) is 0 Å². The van der Waals surface area contributed by atoms with Gasteiger partial charge in [-0.05, 0) is 37.1 Å². The lowest BCUT2D eigenvalue weighted by Crippen LogP contribution is -2.09. The predicted molar refractivity (Wildman–Crippen MR) is 80.4 cm³/mol. The van der Waals surface area contributed by atoms with Gasteiger partial charge in [0.1, 0.15) is 17.3 Å². The molecule has 0 fully saturated rings. The third kappa shape index (κ3) is 3.51. The van der Waals surface area contributed by atoms with Crippen LogP contribution in [0.4, 0.5) is 0 Å². The number of rotatable bonds is 4. The smallest absolute Gasteiger partial charge is 0.123 e. The average Bonchev–Trinajstić information content (AvgIpc) is 2.37.